The lowest BCUT2D eigenvalue weighted by atomic mass is 10.1. The van der Waals surface area contributed by atoms with Gasteiger partial charge in [-0.05, 0) is 30.7 Å². The fraction of sp³-hybridized carbons (Fsp3) is 0.143. The first kappa shape index (κ1) is 19.6. The third-order valence-electron chi connectivity index (χ3n) is 4.59. The van der Waals surface area contributed by atoms with Gasteiger partial charge in [-0.25, -0.2) is 9.97 Å². The fourth-order valence-electron chi connectivity index (χ4n) is 3.16. The molecule has 152 valence electrons. The molecule has 0 aliphatic heterocycles. The third kappa shape index (κ3) is 3.62. The van der Waals surface area contributed by atoms with Crippen molar-refractivity contribution in [1.82, 2.24) is 9.97 Å². The Bertz CT molecular complexity index is 1240. The molecule has 30 heavy (non-hydrogen) atoms. The Morgan fingerprint density at radius 3 is 2.50 bits per heavy atom. The van der Waals surface area contributed by atoms with Crippen LogP contribution in [0, 0.1) is 17.0 Å². The fourth-order valence-corrected chi connectivity index (χ4v) is 4.15. The number of nitrogens with zero attached hydrogens (tertiary/aromatic N) is 3. The molecule has 0 saturated carbocycles. The van der Waals surface area contributed by atoms with Crippen molar-refractivity contribution in [2.45, 2.75) is 6.92 Å². The molecule has 4 aromatic rings. The largest absolute Gasteiger partial charge is 0.497 e. The molecule has 0 unspecified atom stereocenters. The minimum absolute atomic E-state index is 0.0407. The predicted molar refractivity (Wildman–Crippen MR) is 117 cm³/mol. The standard InChI is InChI=1S/C21H18N4O4S/c1-12-22-20(24-17-10-14(25(26)27)6-9-18(17)29-3)19-16(11-30-21(19)23-12)13-4-7-15(28-2)8-5-13/h4-11H,1-3H3,(H,22,23,24). The Morgan fingerprint density at radius 1 is 1.07 bits per heavy atom. The highest BCUT2D eigenvalue weighted by Crippen LogP contribution is 2.40. The number of hydrogen-bond acceptors (Lipinski definition) is 8. The molecule has 2 aromatic carbocycles. The maximum Gasteiger partial charge on any atom is 0.271 e. The van der Waals surface area contributed by atoms with Crippen molar-refractivity contribution in [1.29, 1.82) is 0 Å². The van der Waals surface area contributed by atoms with E-state index in [1.807, 2.05) is 36.6 Å². The summed E-state index contributed by atoms with van der Waals surface area (Å²) in [5.74, 6) is 2.40. The molecule has 8 nitrogen and oxygen atoms in total. The molecule has 0 bridgehead atoms. The molecule has 0 atom stereocenters. The van der Waals surface area contributed by atoms with Crippen LogP contribution in [-0.2, 0) is 0 Å². The van der Waals surface area contributed by atoms with Crippen LogP contribution in [0.4, 0.5) is 17.2 Å². The quantitative estimate of drug-likeness (QED) is 0.331. The van der Waals surface area contributed by atoms with Crippen LogP contribution in [0.25, 0.3) is 21.3 Å². The van der Waals surface area contributed by atoms with E-state index >= 15 is 0 Å². The number of benzene rings is 2. The van der Waals surface area contributed by atoms with Gasteiger partial charge < -0.3 is 14.8 Å². The highest BCUT2D eigenvalue weighted by molar-refractivity contribution is 7.17. The van der Waals surface area contributed by atoms with E-state index in [1.54, 1.807) is 13.2 Å². The summed E-state index contributed by atoms with van der Waals surface area (Å²) < 4.78 is 10.6. The van der Waals surface area contributed by atoms with Crippen LogP contribution in [0.2, 0.25) is 0 Å². The number of non-ortho nitro benzene ring substituents is 1. The maximum atomic E-state index is 11.2. The van der Waals surface area contributed by atoms with E-state index in [1.165, 1.54) is 30.6 Å². The molecule has 2 aromatic heterocycles. The van der Waals surface area contributed by atoms with Crippen molar-refractivity contribution in [3.8, 4) is 22.6 Å². The molecule has 0 aliphatic carbocycles. The maximum absolute atomic E-state index is 11.2. The molecule has 0 spiro atoms. The Kier molecular flexibility index (Phi) is 5.20. The first-order valence-corrected chi connectivity index (χ1v) is 9.88. The summed E-state index contributed by atoms with van der Waals surface area (Å²) in [5, 5.41) is 17.3. The van der Waals surface area contributed by atoms with Gasteiger partial charge in [0.05, 0.1) is 30.2 Å². The average Bonchev–Trinajstić information content (AvgIpc) is 3.17. The van der Waals surface area contributed by atoms with E-state index in [4.69, 9.17) is 9.47 Å². The molecular formula is C21H18N4O4S. The molecule has 9 heteroatoms. The Morgan fingerprint density at radius 2 is 1.83 bits per heavy atom. The minimum Gasteiger partial charge on any atom is -0.497 e. The van der Waals surface area contributed by atoms with Crippen molar-refractivity contribution >= 4 is 38.7 Å². The van der Waals surface area contributed by atoms with Gasteiger partial charge in [0.2, 0.25) is 0 Å². The topological polar surface area (TPSA) is 99.4 Å². The van der Waals surface area contributed by atoms with Gasteiger partial charge in [0, 0.05) is 23.1 Å². The van der Waals surface area contributed by atoms with Crippen LogP contribution in [0.3, 0.4) is 0 Å². The zero-order valence-corrected chi connectivity index (χ0v) is 17.3. The number of nitrogens with one attached hydrogen (secondary N) is 1. The normalized spacial score (nSPS) is 10.8. The van der Waals surface area contributed by atoms with Gasteiger partial charge >= 0.3 is 0 Å². The summed E-state index contributed by atoms with van der Waals surface area (Å²) in [5.41, 5.74) is 2.37. The highest BCUT2D eigenvalue weighted by atomic mass is 32.1. The van der Waals surface area contributed by atoms with Crippen LogP contribution in [0.15, 0.2) is 47.8 Å². The lowest BCUT2D eigenvalue weighted by Crippen LogP contribution is -2.01. The molecule has 0 saturated heterocycles. The van der Waals surface area contributed by atoms with Gasteiger partial charge in [-0.1, -0.05) is 12.1 Å². The predicted octanol–water partition coefficient (Wildman–Crippen LogP) is 5.34. The summed E-state index contributed by atoms with van der Waals surface area (Å²) in [6.45, 7) is 1.81. The number of nitro benzene ring substituents is 1. The van der Waals surface area contributed by atoms with E-state index in [0.29, 0.717) is 23.1 Å². The summed E-state index contributed by atoms with van der Waals surface area (Å²) in [6.07, 6.45) is 0. The van der Waals surface area contributed by atoms with Crippen LogP contribution < -0.4 is 14.8 Å². The molecule has 1 N–H and O–H groups in total. The molecule has 0 fully saturated rings. The molecule has 2 heterocycles. The van der Waals surface area contributed by atoms with Crippen LogP contribution in [0.1, 0.15) is 5.82 Å². The second-order valence-corrected chi connectivity index (χ2v) is 7.30. The summed E-state index contributed by atoms with van der Waals surface area (Å²) >= 11 is 1.51. The van der Waals surface area contributed by atoms with Crippen molar-refractivity contribution in [3.63, 3.8) is 0 Å². The number of anilines is 2. The lowest BCUT2D eigenvalue weighted by molar-refractivity contribution is -0.384. The number of thiophene rings is 1. The zero-order valence-electron chi connectivity index (χ0n) is 16.5. The number of methoxy groups -OCH3 is 2. The Hall–Kier alpha value is -3.72. The lowest BCUT2D eigenvalue weighted by Gasteiger charge is -2.13. The second-order valence-electron chi connectivity index (χ2n) is 6.44. The van der Waals surface area contributed by atoms with Gasteiger partial charge in [0.1, 0.15) is 28.0 Å². The Labute approximate surface area is 176 Å². The summed E-state index contributed by atoms with van der Waals surface area (Å²) in [4.78, 5) is 20.7. The zero-order chi connectivity index (χ0) is 21.3. The van der Waals surface area contributed by atoms with Crippen molar-refractivity contribution in [3.05, 3.63) is 63.8 Å². The van der Waals surface area contributed by atoms with Gasteiger partial charge in [0.25, 0.3) is 5.69 Å². The van der Waals surface area contributed by atoms with Crippen molar-refractivity contribution in [2.24, 2.45) is 0 Å². The SMILES string of the molecule is COc1ccc(-c2csc3nc(C)nc(Nc4cc([N+](=O)[O-])ccc4OC)c23)cc1. The van der Waals surface area contributed by atoms with Gasteiger partial charge in [-0.2, -0.15) is 0 Å². The number of hydrogen-bond donors (Lipinski definition) is 1. The monoisotopic (exact) mass is 422 g/mol. The van der Waals surface area contributed by atoms with E-state index in [2.05, 4.69) is 15.3 Å². The Balaban J connectivity index is 1.86. The third-order valence-corrected chi connectivity index (χ3v) is 5.47. The molecule has 0 radical (unpaired) electrons. The molecular weight excluding hydrogens is 404 g/mol. The van der Waals surface area contributed by atoms with E-state index in [-0.39, 0.29) is 5.69 Å². The first-order valence-electron chi connectivity index (χ1n) is 9.00. The number of ether oxygens (including phenoxy) is 2. The van der Waals surface area contributed by atoms with Crippen molar-refractivity contribution in [2.75, 3.05) is 19.5 Å². The van der Waals surface area contributed by atoms with E-state index in [0.717, 1.165) is 27.1 Å². The van der Waals surface area contributed by atoms with Crippen LogP contribution >= 0.6 is 11.3 Å². The van der Waals surface area contributed by atoms with E-state index < -0.39 is 4.92 Å². The molecule has 0 aliphatic rings. The second kappa shape index (κ2) is 7.96. The van der Waals surface area contributed by atoms with Crippen LogP contribution in [0.5, 0.6) is 11.5 Å². The molecule has 4 rings (SSSR count). The first-order chi connectivity index (χ1) is 14.5. The van der Waals surface area contributed by atoms with Gasteiger partial charge in [0.15, 0.2) is 0 Å². The average molecular weight is 422 g/mol. The van der Waals surface area contributed by atoms with Gasteiger partial charge in [-0.3, -0.25) is 10.1 Å². The molecule has 0 amide bonds. The van der Waals surface area contributed by atoms with Crippen molar-refractivity contribution < 1.29 is 14.4 Å². The minimum atomic E-state index is -0.446. The number of nitro groups is 1. The number of aromatic nitrogens is 2. The van der Waals surface area contributed by atoms with E-state index in [9.17, 15) is 10.1 Å². The smallest absolute Gasteiger partial charge is 0.271 e. The van der Waals surface area contributed by atoms with Crippen LogP contribution in [-0.4, -0.2) is 29.1 Å². The summed E-state index contributed by atoms with van der Waals surface area (Å²) in [6, 6.07) is 12.1. The number of fused-ring (bicyclic) bond motifs is 1. The van der Waals surface area contributed by atoms with Gasteiger partial charge in [-0.15, -0.1) is 11.3 Å². The summed E-state index contributed by atoms with van der Waals surface area (Å²) in [7, 11) is 3.14. The number of rotatable bonds is 6. The highest BCUT2D eigenvalue weighted by Gasteiger charge is 2.18. The number of aryl methyl sites for hydroxylation is 1.